The summed E-state index contributed by atoms with van der Waals surface area (Å²) in [5.41, 5.74) is 1.29. The number of hydrogen-bond acceptors (Lipinski definition) is 5. The van der Waals surface area contributed by atoms with E-state index in [4.69, 9.17) is 5.11 Å². The molecule has 0 aliphatic heterocycles. The average Bonchev–Trinajstić information content (AvgIpc) is 2.70. The maximum atomic E-state index is 8.80. The second kappa shape index (κ2) is 6.30. The summed E-state index contributed by atoms with van der Waals surface area (Å²) in [6.45, 7) is 5.51. The van der Waals surface area contributed by atoms with E-state index in [2.05, 4.69) is 35.8 Å². The number of unbranched alkanes of at least 4 members (excludes halogenated alkanes) is 2. The normalized spacial score (nSPS) is 11.2. The smallest absolute Gasteiger partial charge is 0.140 e. The molecule has 2 heterocycles. The first-order valence-corrected chi connectivity index (χ1v) is 7.49. The van der Waals surface area contributed by atoms with Crippen LogP contribution in [0, 0.1) is 13.8 Å². The maximum Gasteiger partial charge on any atom is 0.140 e. The predicted octanol–water partition coefficient (Wildman–Crippen LogP) is 2.91. The van der Waals surface area contributed by atoms with Crippen molar-refractivity contribution in [1.29, 1.82) is 0 Å². The van der Waals surface area contributed by atoms with E-state index in [9.17, 15) is 0 Å². The van der Waals surface area contributed by atoms with Crippen LogP contribution < -0.4 is 4.90 Å². The molecule has 2 rings (SSSR count). The molecular formula is C14H21N3OS. The number of aromatic nitrogens is 2. The summed E-state index contributed by atoms with van der Waals surface area (Å²) >= 11 is 1.73. The summed E-state index contributed by atoms with van der Waals surface area (Å²) in [7, 11) is 2.08. The zero-order valence-electron chi connectivity index (χ0n) is 11.8. The van der Waals surface area contributed by atoms with Crippen LogP contribution in [0.1, 0.15) is 29.7 Å². The van der Waals surface area contributed by atoms with Crippen LogP contribution in [-0.4, -0.2) is 35.3 Å². The van der Waals surface area contributed by atoms with E-state index in [1.165, 1.54) is 15.8 Å². The molecule has 1 N–H and O–H groups in total. The molecule has 0 aromatic carbocycles. The maximum absolute atomic E-state index is 8.80. The van der Waals surface area contributed by atoms with E-state index in [0.717, 1.165) is 36.5 Å². The summed E-state index contributed by atoms with van der Waals surface area (Å²) < 4.78 is 0. The molecular weight excluding hydrogens is 258 g/mol. The largest absolute Gasteiger partial charge is 0.396 e. The third kappa shape index (κ3) is 3.04. The number of aryl methyl sites for hydroxylation is 2. The van der Waals surface area contributed by atoms with Gasteiger partial charge in [-0.2, -0.15) is 0 Å². The lowest BCUT2D eigenvalue weighted by Gasteiger charge is -2.19. The van der Waals surface area contributed by atoms with Gasteiger partial charge in [0.2, 0.25) is 0 Å². The Bertz CT molecular complexity index is 553. The molecule has 0 bridgehead atoms. The minimum Gasteiger partial charge on any atom is -0.396 e. The molecule has 4 nitrogen and oxygen atoms in total. The molecule has 0 radical (unpaired) electrons. The molecule has 0 aliphatic carbocycles. The van der Waals surface area contributed by atoms with Gasteiger partial charge in [-0.3, -0.25) is 0 Å². The number of aliphatic hydroxyl groups excluding tert-OH is 1. The van der Waals surface area contributed by atoms with Crippen LogP contribution in [0.25, 0.3) is 10.2 Å². The number of aliphatic hydroxyl groups is 1. The van der Waals surface area contributed by atoms with Crippen LogP contribution >= 0.6 is 11.3 Å². The van der Waals surface area contributed by atoms with Crippen molar-refractivity contribution < 1.29 is 5.11 Å². The molecule has 104 valence electrons. The van der Waals surface area contributed by atoms with E-state index in [1.807, 2.05) is 0 Å². The topological polar surface area (TPSA) is 49.2 Å². The molecule has 0 fully saturated rings. The lowest BCUT2D eigenvalue weighted by molar-refractivity contribution is 0.283. The summed E-state index contributed by atoms with van der Waals surface area (Å²) in [6, 6.07) is 0. The highest BCUT2D eigenvalue weighted by Crippen LogP contribution is 2.33. The van der Waals surface area contributed by atoms with Crippen molar-refractivity contribution in [3.8, 4) is 0 Å². The van der Waals surface area contributed by atoms with Crippen LogP contribution in [0.15, 0.2) is 6.33 Å². The van der Waals surface area contributed by atoms with Gasteiger partial charge in [0, 0.05) is 25.1 Å². The molecule has 0 aliphatic rings. The molecule has 0 atom stereocenters. The van der Waals surface area contributed by atoms with Crippen LogP contribution in [0.5, 0.6) is 0 Å². The minimum absolute atomic E-state index is 0.282. The molecule has 2 aromatic rings. The van der Waals surface area contributed by atoms with Crippen LogP contribution in [0.4, 0.5) is 5.82 Å². The average molecular weight is 279 g/mol. The highest BCUT2D eigenvalue weighted by molar-refractivity contribution is 7.18. The number of hydrogen-bond donors (Lipinski definition) is 1. The first kappa shape index (κ1) is 14.2. The number of nitrogens with zero attached hydrogens (tertiary/aromatic N) is 3. The van der Waals surface area contributed by atoms with E-state index < -0.39 is 0 Å². The van der Waals surface area contributed by atoms with Gasteiger partial charge in [-0.05, 0) is 38.7 Å². The highest BCUT2D eigenvalue weighted by Gasteiger charge is 2.14. The minimum atomic E-state index is 0.282. The summed E-state index contributed by atoms with van der Waals surface area (Å²) in [5, 5.41) is 9.99. The van der Waals surface area contributed by atoms with Gasteiger partial charge >= 0.3 is 0 Å². The van der Waals surface area contributed by atoms with Crippen molar-refractivity contribution in [2.45, 2.75) is 33.1 Å². The lowest BCUT2D eigenvalue weighted by Crippen LogP contribution is -2.20. The quantitative estimate of drug-likeness (QED) is 0.826. The second-order valence-corrected chi connectivity index (χ2v) is 6.07. The van der Waals surface area contributed by atoms with Gasteiger partial charge in [-0.25, -0.2) is 9.97 Å². The summed E-state index contributed by atoms with van der Waals surface area (Å²) in [6.07, 6.45) is 4.66. The Hall–Kier alpha value is -1.20. The van der Waals surface area contributed by atoms with Gasteiger partial charge in [-0.1, -0.05) is 0 Å². The number of thiophene rings is 1. The van der Waals surface area contributed by atoms with Gasteiger partial charge < -0.3 is 10.0 Å². The van der Waals surface area contributed by atoms with Crippen molar-refractivity contribution in [3.63, 3.8) is 0 Å². The number of fused-ring (bicyclic) bond motifs is 1. The lowest BCUT2D eigenvalue weighted by atomic mass is 10.2. The van der Waals surface area contributed by atoms with Crippen molar-refractivity contribution >= 4 is 27.4 Å². The SMILES string of the molecule is Cc1sc2ncnc(N(C)CCCCCO)c2c1C. The molecule has 0 spiro atoms. The van der Waals surface area contributed by atoms with Gasteiger partial charge in [0.1, 0.15) is 17.0 Å². The molecule has 0 saturated carbocycles. The van der Waals surface area contributed by atoms with Crippen molar-refractivity contribution in [3.05, 3.63) is 16.8 Å². The summed E-state index contributed by atoms with van der Waals surface area (Å²) in [4.78, 5) is 13.4. The standard InChI is InChI=1S/C14H21N3OS/c1-10-11(2)19-14-12(10)13(15-9-16-14)17(3)7-5-4-6-8-18/h9,18H,4-8H2,1-3H3. The van der Waals surface area contributed by atoms with Crippen LogP contribution in [0.3, 0.4) is 0 Å². The first-order valence-electron chi connectivity index (χ1n) is 6.68. The van der Waals surface area contributed by atoms with E-state index in [0.29, 0.717) is 0 Å². The van der Waals surface area contributed by atoms with Gasteiger partial charge in [-0.15, -0.1) is 11.3 Å². The van der Waals surface area contributed by atoms with Gasteiger partial charge in [0.25, 0.3) is 0 Å². The predicted molar refractivity (Wildman–Crippen MR) is 81.1 cm³/mol. The Balaban J connectivity index is 2.19. The molecule has 5 heteroatoms. The highest BCUT2D eigenvalue weighted by atomic mass is 32.1. The number of rotatable bonds is 6. The number of anilines is 1. The molecule has 2 aromatic heterocycles. The third-order valence-corrected chi connectivity index (χ3v) is 4.57. The van der Waals surface area contributed by atoms with Crippen molar-refractivity contribution in [2.24, 2.45) is 0 Å². The fourth-order valence-electron chi connectivity index (χ4n) is 2.20. The zero-order chi connectivity index (χ0) is 13.8. The van der Waals surface area contributed by atoms with E-state index in [-0.39, 0.29) is 6.61 Å². The van der Waals surface area contributed by atoms with Crippen molar-refractivity contribution in [1.82, 2.24) is 9.97 Å². The van der Waals surface area contributed by atoms with Crippen molar-refractivity contribution in [2.75, 3.05) is 25.1 Å². The Morgan fingerprint density at radius 2 is 2.00 bits per heavy atom. The van der Waals surface area contributed by atoms with Gasteiger partial charge in [0.15, 0.2) is 0 Å². The monoisotopic (exact) mass is 279 g/mol. The van der Waals surface area contributed by atoms with E-state index >= 15 is 0 Å². The zero-order valence-corrected chi connectivity index (χ0v) is 12.6. The first-order chi connectivity index (χ1) is 9.15. The second-order valence-electron chi connectivity index (χ2n) is 4.87. The Morgan fingerprint density at radius 3 is 2.74 bits per heavy atom. The Morgan fingerprint density at radius 1 is 1.21 bits per heavy atom. The molecule has 0 saturated heterocycles. The molecule has 19 heavy (non-hydrogen) atoms. The Labute approximate surface area is 118 Å². The van der Waals surface area contributed by atoms with E-state index in [1.54, 1.807) is 17.7 Å². The molecule has 0 amide bonds. The fraction of sp³-hybridized carbons (Fsp3) is 0.571. The van der Waals surface area contributed by atoms with Gasteiger partial charge in [0.05, 0.1) is 5.39 Å². The summed E-state index contributed by atoms with van der Waals surface area (Å²) in [5.74, 6) is 1.02. The fourth-order valence-corrected chi connectivity index (χ4v) is 3.19. The third-order valence-electron chi connectivity index (χ3n) is 3.46. The molecule has 0 unspecified atom stereocenters. The van der Waals surface area contributed by atoms with Crippen LogP contribution in [0.2, 0.25) is 0 Å². The Kier molecular flexibility index (Phi) is 4.71. The van der Waals surface area contributed by atoms with Crippen LogP contribution in [-0.2, 0) is 0 Å².